The summed E-state index contributed by atoms with van der Waals surface area (Å²) in [5.41, 5.74) is -1.29. The average molecular weight is 372 g/mol. The van der Waals surface area contributed by atoms with Crippen molar-refractivity contribution in [2.75, 3.05) is 21.0 Å². The second-order valence-corrected chi connectivity index (χ2v) is 7.43. The first-order chi connectivity index (χ1) is 13.0. The molecule has 1 saturated carbocycles. The third-order valence-electron chi connectivity index (χ3n) is 6.51. The molecule has 1 aromatic rings. The van der Waals surface area contributed by atoms with E-state index in [-0.39, 0.29) is 30.2 Å². The first-order valence-corrected chi connectivity index (χ1v) is 9.01. The summed E-state index contributed by atoms with van der Waals surface area (Å²) in [6, 6.07) is 5.61. The van der Waals surface area contributed by atoms with Crippen molar-refractivity contribution >= 4 is 5.78 Å². The maximum atomic E-state index is 13.3. The van der Waals surface area contributed by atoms with Gasteiger partial charge in [0.25, 0.3) is 0 Å². The molecular formula is C21H24O6. The lowest BCUT2D eigenvalue weighted by atomic mass is 9.70. The largest absolute Gasteiger partial charge is 0.493 e. The predicted molar refractivity (Wildman–Crippen MR) is 97.6 cm³/mol. The van der Waals surface area contributed by atoms with Gasteiger partial charge in [-0.15, -0.1) is 6.58 Å². The van der Waals surface area contributed by atoms with E-state index in [1.807, 2.05) is 25.1 Å². The van der Waals surface area contributed by atoms with E-state index in [1.165, 1.54) is 14.2 Å². The van der Waals surface area contributed by atoms with Crippen molar-refractivity contribution < 1.29 is 28.8 Å². The molecule has 2 aliphatic carbocycles. The Morgan fingerprint density at radius 1 is 1.33 bits per heavy atom. The smallest absolute Gasteiger partial charge is 0.232 e. The molecule has 1 N–H and O–H groups in total. The zero-order valence-electron chi connectivity index (χ0n) is 15.7. The molecule has 0 amide bonds. The molecule has 0 spiro atoms. The summed E-state index contributed by atoms with van der Waals surface area (Å²) >= 11 is 0. The van der Waals surface area contributed by atoms with E-state index in [2.05, 4.69) is 6.58 Å². The Bertz CT molecular complexity index is 830. The maximum Gasteiger partial charge on any atom is 0.232 e. The summed E-state index contributed by atoms with van der Waals surface area (Å²) in [6.45, 7) is 6.06. The van der Waals surface area contributed by atoms with Crippen molar-refractivity contribution in [3.8, 4) is 11.5 Å². The molecule has 144 valence electrons. The maximum absolute atomic E-state index is 13.3. The summed E-state index contributed by atoms with van der Waals surface area (Å²) in [5.74, 6) is 0.686. The number of Topliss-reactive ketones (excluding diaryl/α,β-unsaturated/α-hetero) is 1. The normalized spacial score (nSPS) is 36.5. The quantitative estimate of drug-likeness (QED) is 0.801. The number of ketones is 1. The van der Waals surface area contributed by atoms with Gasteiger partial charge in [0, 0.05) is 18.4 Å². The van der Waals surface area contributed by atoms with Gasteiger partial charge in [-0.3, -0.25) is 4.79 Å². The first kappa shape index (κ1) is 18.1. The average Bonchev–Trinajstić information content (AvgIpc) is 3.18. The first-order valence-electron chi connectivity index (χ1n) is 9.01. The van der Waals surface area contributed by atoms with Crippen molar-refractivity contribution in [1.82, 2.24) is 0 Å². The summed E-state index contributed by atoms with van der Waals surface area (Å²) in [4.78, 5) is 13.3. The summed E-state index contributed by atoms with van der Waals surface area (Å²) in [7, 11) is 2.93. The van der Waals surface area contributed by atoms with E-state index in [4.69, 9.17) is 18.9 Å². The van der Waals surface area contributed by atoms with E-state index in [0.29, 0.717) is 17.9 Å². The third kappa shape index (κ3) is 2.11. The minimum absolute atomic E-state index is 0.109. The van der Waals surface area contributed by atoms with Gasteiger partial charge in [0.1, 0.15) is 6.10 Å². The fourth-order valence-electron chi connectivity index (χ4n) is 5.21. The fraction of sp³-hybridized carbons (Fsp3) is 0.476. The second kappa shape index (κ2) is 6.11. The Balaban J connectivity index is 1.93. The van der Waals surface area contributed by atoms with Crippen LogP contribution in [0.2, 0.25) is 0 Å². The molecule has 1 heterocycles. The highest BCUT2D eigenvalue weighted by Gasteiger charge is 2.72. The van der Waals surface area contributed by atoms with E-state index in [9.17, 15) is 9.90 Å². The van der Waals surface area contributed by atoms with Crippen molar-refractivity contribution in [2.45, 2.75) is 31.0 Å². The minimum Gasteiger partial charge on any atom is -0.493 e. The van der Waals surface area contributed by atoms with Crippen molar-refractivity contribution in [3.63, 3.8) is 0 Å². The molecule has 0 saturated heterocycles. The molecule has 0 unspecified atom stereocenters. The number of ether oxygens (including phenoxy) is 4. The molecule has 2 bridgehead atoms. The van der Waals surface area contributed by atoms with E-state index >= 15 is 0 Å². The molecule has 6 nitrogen and oxygen atoms in total. The summed E-state index contributed by atoms with van der Waals surface area (Å²) < 4.78 is 22.1. The molecule has 1 aromatic carbocycles. The Labute approximate surface area is 158 Å². The van der Waals surface area contributed by atoms with Gasteiger partial charge in [0.05, 0.1) is 7.11 Å². The van der Waals surface area contributed by atoms with Gasteiger partial charge in [-0.1, -0.05) is 19.1 Å². The van der Waals surface area contributed by atoms with Crippen LogP contribution in [0.5, 0.6) is 11.5 Å². The molecule has 0 radical (unpaired) electrons. The van der Waals surface area contributed by atoms with Crippen LogP contribution in [0.3, 0.4) is 0 Å². The molecule has 1 aliphatic heterocycles. The lowest BCUT2D eigenvalue weighted by Gasteiger charge is -2.41. The standard InChI is InChI=1S/C21H24O6/c1-5-8-20-10-16(24-3)18(22)21(25-4,19(20)23)17(12(20)2)13-6-7-14-15(9-13)27-11-26-14/h5-7,9-10,12,17,19,23H,1,8,11H2,2-4H3/t12-,17+,19-,20+,21-/m0/s1. The highest BCUT2D eigenvalue weighted by atomic mass is 16.7. The van der Waals surface area contributed by atoms with Gasteiger partial charge >= 0.3 is 0 Å². The van der Waals surface area contributed by atoms with Gasteiger partial charge in [0.2, 0.25) is 12.6 Å². The number of benzene rings is 1. The Kier molecular flexibility index (Phi) is 4.09. The Morgan fingerprint density at radius 3 is 2.74 bits per heavy atom. The SMILES string of the molecule is C=CC[C@@]12C=C(OC)C(=O)[C@@](OC)([C@@H](c3ccc4c(c3)OCO4)[C@@H]1C)[C@H]2O. The fourth-order valence-corrected chi connectivity index (χ4v) is 5.21. The van der Waals surface area contributed by atoms with Gasteiger partial charge in [-0.25, -0.2) is 0 Å². The zero-order valence-corrected chi connectivity index (χ0v) is 15.7. The van der Waals surface area contributed by atoms with Gasteiger partial charge in [0.15, 0.2) is 22.9 Å². The number of carbonyl (C=O) groups is 1. The molecule has 3 aliphatic rings. The molecule has 4 rings (SSSR count). The predicted octanol–water partition coefficient (Wildman–Crippen LogP) is 2.57. The molecule has 5 atom stereocenters. The highest BCUT2D eigenvalue weighted by Crippen LogP contribution is 2.64. The minimum atomic E-state index is -1.43. The number of rotatable bonds is 5. The number of methoxy groups -OCH3 is 2. The van der Waals surface area contributed by atoms with Gasteiger partial charge < -0.3 is 24.1 Å². The number of fused-ring (bicyclic) bond motifs is 3. The number of hydrogen-bond acceptors (Lipinski definition) is 6. The van der Waals surface area contributed by atoms with Gasteiger partial charge in [-0.05, 0) is 36.1 Å². The second-order valence-electron chi connectivity index (χ2n) is 7.43. The van der Waals surface area contributed by atoms with Crippen molar-refractivity contribution in [1.29, 1.82) is 0 Å². The van der Waals surface area contributed by atoms with Crippen molar-refractivity contribution in [3.05, 3.63) is 48.3 Å². The molecule has 6 heteroatoms. The van der Waals surface area contributed by atoms with Crippen LogP contribution in [0.25, 0.3) is 0 Å². The topological polar surface area (TPSA) is 74.2 Å². The van der Waals surface area contributed by atoms with E-state index < -0.39 is 17.1 Å². The number of aliphatic hydroxyl groups is 1. The van der Waals surface area contributed by atoms with E-state index in [0.717, 1.165) is 5.56 Å². The Hall–Kier alpha value is -2.31. The van der Waals surface area contributed by atoms with Crippen LogP contribution in [-0.4, -0.2) is 43.6 Å². The van der Waals surface area contributed by atoms with Crippen molar-refractivity contribution in [2.24, 2.45) is 11.3 Å². The Morgan fingerprint density at radius 2 is 2.07 bits per heavy atom. The molecule has 27 heavy (non-hydrogen) atoms. The number of carbonyl (C=O) groups excluding carboxylic acids is 1. The summed E-state index contributed by atoms with van der Waals surface area (Å²) in [5, 5.41) is 11.4. The highest BCUT2D eigenvalue weighted by molar-refractivity contribution is 6.04. The molecule has 1 fully saturated rings. The third-order valence-corrected chi connectivity index (χ3v) is 6.51. The van der Waals surface area contributed by atoms with Crippen LogP contribution in [0.4, 0.5) is 0 Å². The lowest BCUT2D eigenvalue weighted by Crippen LogP contribution is -2.57. The van der Waals surface area contributed by atoms with Crippen LogP contribution in [0.1, 0.15) is 24.8 Å². The molecule has 0 aromatic heterocycles. The number of allylic oxidation sites excluding steroid dienone is 1. The lowest BCUT2D eigenvalue weighted by molar-refractivity contribution is -0.162. The zero-order chi connectivity index (χ0) is 19.4. The van der Waals surface area contributed by atoms with Crippen LogP contribution in [0.15, 0.2) is 42.7 Å². The monoisotopic (exact) mass is 372 g/mol. The van der Waals surface area contributed by atoms with Crippen LogP contribution >= 0.6 is 0 Å². The number of aliphatic hydroxyl groups excluding tert-OH is 1. The van der Waals surface area contributed by atoms with Crippen LogP contribution < -0.4 is 9.47 Å². The number of hydrogen-bond donors (Lipinski definition) is 1. The summed E-state index contributed by atoms with van der Waals surface area (Å²) in [6.07, 6.45) is 3.00. The van der Waals surface area contributed by atoms with Crippen LogP contribution in [-0.2, 0) is 14.3 Å². The van der Waals surface area contributed by atoms with Gasteiger partial charge in [-0.2, -0.15) is 0 Å². The molecular weight excluding hydrogens is 348 g/mol. The van der Waals surface area contributed by atoms with E-state index in [1.54, 1.807) is 12.2 Å². The van der Waals surface area contributed by atoms with Crippen LogP contribution in [0, 0.1) is 11.3 Å².